The third-order valence-electron chi connectivity index (χ3n) is 5.53. The molecule has 0 aromatic heterocycles. The molecule has 4 aromatic rings. The van der Waals surface area contributed by atoms with Crippen LogP contribution < -0.4 is 9.47 Å². The maximum absolute atomic E-state index is 9.75. The van der Waals surface area contributed by atoms with Gasteiger partial charge in [-0.15, -0.1) is 0 Å². The van der Waals surface area contributed by atoms with Crippen LogP contribution in [0.3, 0.4) is 0 Å². The Labute approximate surface area is 260 Å². The Morgan fingerprint density at radius 2 is 0.810 bits per heavy atom. The average molecular weight is 638 g/mol. The van der Waals surface area contributed by atoms with E-state index in [0.29, 0.717) is 0 Å². The van der Waals surface area contributed by atoms with Gasteiger partial charge in [0, 0.05) is 0 Å². The molecule has 0 heterocycles. The maximum atomic E-state index is 9.75. The second-order valence-electron chi connectivity index (χ2n) is 8.11. The molecule has 2 N–H and O–H groups in total. The second-order valence-corrected chi connectivity index (χ2v) is 9.62. The van der Waals surface area contributed by atoms with E-state index in [0.717, 1.165) is 11.1 Å². The lowest BCUT2D eigenvalue weighted by atomic mass is 10.1. The topological polar surface area (TPSA) is 154 Å². The molecule has 0 aliphatic heterocycles. The van der Waals surface area contributed by atoms with Gasteiger partial charge in [0.05, 0.1) is 0 Å². The third kappa shape index (κ3) is 6.91. The van der Waals surface area contributed by atoms with Gasteiger partial charge in [0.2, 0.25) is 0 Å². The van der Waals surface area contributed by atoms with Crippen molar-refractivity contribution < 1.29 is 19.7 Å². The molecular formula is C30H16Cl4N4O4. The van der Waals surface area contributed by atoms with Crippen LogP contribution in [0.5, 0.6) is 23.0 Å². The van der Waals surface area contributed by atoms with Crippen molar-refractivity contribution in [3.05, 3.63) is 114 Å². The van der Waals surface area contributed by atoms with Crippen molar-refractivity contribution in [3.63, 3.8) is 0 Å². The Balaban J connectivity index is 0.000000230. The van der Waals surface area contributed by atoms with Crippen LogP contribution in [-0.4, -0.2) is 10.2 Å². The highest BCUT2D eigenvalue weighted by Crippen LogP contribution is 2.45. The predicted molar refractivity (Wildman–Crippen MR) is 157 cm³/mol. The first kappa shape index (κ1) is 31.7. The number of hydrogen-bond donors (Lipinski definition) is 2. The Hall–Kier alpha value is -4.80. The van der Waals surface area contributed by atoms with E-state index in [9.17, 15) is 20.7 Å². The number of benzene rings is 4. The number of nitrogens with zero attached hydrogens (tertiary/aromatic N) is 4. The molecule has 12 heteroatoms. The number of ether oxygens (including phenoxy) is 2. The van der Waals surface area contributed by atoms with Crippen LogP contribution >= 0.6 is 46.4 Å². The van der Waals surface area contributed by atoms with Gasteiger partial charge in [-0.1, -0.05) is 107 Å². The summed E-state index contributed by atoms with van der Waals surface area (Å²) in [6.45, 7) is 0.308. The van der Waals surface area contributed by atoms with Crippen molar-refractivity contribution in [2.24, 2.45) is 0 Å². The minimum atomic E-state index is -0.521. The molecule has 0 aliphatic carbocycles. The second kappa shape index (κ2) is 14.7. The minimum absolute atomic E-state index is 0.0117. The summed E-state index contributed by atoms with van der Waals surface area (Å²) in [6.07, 6.45) is 0. The van der Waals surface area contributed by atoms with E-state index in [-0.39, 0.29) is 67.1 Å². The van der Waals surface area contributed by atoms with Crippen molar-refractivity contribution in [3.8, 4) is 47.3 Å². The number of aromatic hydroxyl groups is 2. The fourth-order valence-corrected chi connectivity index (χ4v) is 4.31. The molecule has 4 rings (SSSR count). The van der Waals surface area contributed by atoms with Gasteiger partial charge in [0.25, 0.3) is 0 Å². The van der Waals surface area contributed by atoms with Gasteiger partial charge in [0.1, 0.15) is 79.8 Å². The highest BCUT2D eigenvalue weighted by Gasteiger charge is 2.24. The monoisotopic (exact) mass is 636 g/mol. The van der Waals surface area contributed by atoms with E-state index in [1.807, 2.05) is 72.8 Å². The summed E-state index contributed by atoms with van der Waals surface area (Å²) in [4.78, 5) is 0. The fraction of sp³-hybridized carbons (Fsp3) is 0.0667. The summed E-state index contributed by atoms with van der Waals surface area (Å²) in [7, 11) is 0. The van der Waals surface area contributed by atoms with Crippen LogP contribution in [0.4, 0.5) is 0 Å². The number of hydrogen-bond acceptors (Lipinski definition) is 8. The number of phenolic OH excluding ortho intramolecular Hbond substituents is 2. The Kier molecular flexibility index (Phi) is 11.1. The summed E-state index contributed by atoms with van der Waals surface area (Å²) in [5.41, 5.74) is 0.936. The van der Waals surface area contributed by atoms with E-state index < -0.39 is 11.5 Å². The fourth-order valence-electron chi connectivity index (χ4n) is 3.47. The molecule has 42 heavy (non-hydrogen) atoms. The number of nitriles is 4. The Morgan fingerprint density at radius 1 is 0.500 bits per heavy atom. The first-order valence-corrected chi connectivity index (χ1v) is 13.1. The van der Waals surface area contributed by atoms with Gasteiger partial charge >= 0.3 is 0 Å². The lowest BCUT2D eigenvalue weighted by Crippen LogP contribution is -2.00. The average Bonchev–Trinajstić information content (AvgIpc) is 3.02. The van der Waals surface area contributed by atoms with Crippen molar-refractivity contribution in [2.45, 2.75) is 13.2 Å². The molecule has 0 saturated heterocycles. The summed E-state index contributed by atoms with van der Waals surface area (Å²) in [6, 6.07) is 25.5. The zero-order valence-electron chi connectivity index (χ0n) is 21.2. The van der Waals surface area contributed by atoms with Crippen molar-refractivity contribution >= 4 is 46.4 Å². The first-order valence-electron chi connectivity index (χ1n) is 11.6. The number of halogens is 4. The zero-order chi connectivity index (χ0) is 30.8. The SMILES string of the molecule is N#Cc1c(O)c(Cl)c(Cl)c(OCc2ccccc2)c1C#N.N#Cc1c(O)c(Cl)c(Cl)c(OCc2ccccc2)c1C#N. The normalized spacial score (nSPS) is 9.71. The zero-order valence-corrected chi connectivity index (χ0v) is 24.2. The van der Waals surface area contributed by atoms with Gasteiger partial charge in [-0.25, -0.2) is 0 Å². The molecule has 0 fully saturated rings. The maximum Gasteiger partial charge on any atom is 0.159 e. The van der Waals surface area contributed by atoms with E-state index in [1.165, 1.54) is 0 Å². The molecule has 0 aliphatic rings. The summed E-state index contributed by atoms with van der Waals surface area (Å²) in [5.74, 6) is -1.06. The molecule has 0 spiro atoms. The smallest absolute Gasteiger partial charge is 0.159 e. The summed E-state index contributed by atoms with van der Waals surface area (Å²) in [5, 5.41) is 55.3. The van der Waals surface area contributed by atoms with Gasteiger partial charge in [-0.2, -0.15) is 21.0 Å². The van der Waals surface area contributed by atoms with Crippen molar-refractivity contribution in [1.29, 1.82) is 21.0 Å². The molecule has 0 radical (unpaired) electrons. The molecular weight excluding hydrogens is 622 g/mol. The molecule has 4 aromatic carbocycles. The molecule has 208 valence electrons. The third-order valence-corrected chi connectivity index (χ3v) is 7.18. The van der Waals surface area contributed by atoms with E-state index >= 15 is 0 Å². The summed E-state index contributed by atoms with van der Waals surface area (Å²) >= 11 is 23.7. The summed E-state index contributed by atoms with van der Waals surface area (Å²) < 4.78 is 11.0. The Morgan fingerprint density at radius 3 is 1.10 bits per heavy atom. The van der Waals surface area contributed by atoms with Gasteiger partial charge in [-0.3, -0.25) is 0 Å². The highest BCUT2D eigenvalue weighted by molar-refractivity contribution is 6.44. The van der Waals surface area contributed by atoms with Gasteiger partial charge < -0.3 is 19.7 Å². The van der Waals surface area contributed by atoms with Gasteiger partial charge in [0.15, 0.2) is 23.0 Å². The largest absolute Gasteiger partial charge is 0.505 e. The molecule has 0 bridgehead atoms. The van der Waals surface area contributed by atoms with Crippen LogP contribution in [0.1, 0.15) is 33.4 Å². The lowest BCUT2D eigenvalue weighted by molar-refractivity contribution is 0.305. The molecule has 0 amide bonds. The van der Waals surface area contributed by atoms with Gasteiger partial charge in [-0.05, 0) is 11.1 Å². The molecule has 0 unspecified atom stereocenters. The molecule has 8 nitrogen and oxygen atoms in total. The number of rotatable bonds is 6. The minimum Gasteiger partial charge on any atom is -0.505 e. The van der Waals surface area contributed by atoms with Crippen LogP contribution in [0.2, 0.25) is 20.1 Å². The van der Waals surface area contributed by atoms with Crippen LogP contribution in [0.25, 0.3) is 0 Å². The van der Waals surface area contributed by atoms with Crippen LogP contribution in [0, 0.1) is 45.3 Å². The van der Waals surface area contributed by atoms with Crippen LogP contribution in [-0.2, 0) is 13.2 Å². The standard InChI is InChI=1S/2C15H8Cl2N2O2/c2*16-12-13(17)15(11(7-19)10(6-18)14(12)20)21-8-9-4-2-1-3-5-9/h2*1-5,20H,8H2. The van der Waals surface area contributed by atoms with E-state index in [2.05, 4.69) is 0 Å². The molecule has 0 atom stereocenters. The van der Waals surface area contributed by atoms with E-state index in [4.69, 9.17) is 66.4 Å². The first-order chi connectivity index (χ1) is 20.2. The Bertz CT molecular complexity index is 1660. The highest BCUT2D eigenvalue weighted by atomic mass is 35.5. The van der Waals surface area contributed by atoms with E-state index in [1.54, 1.807) is 12.1 Å². The van der Waals surface area contributed by atoms with Crippen molar-refractivity contribution in [2.75, 3.05) is 0 Å². The van der Waals surface area contributed by atoms with Crippen molar-refractivity contribution in [1.82, 2.24) is 0 Å². The number of phenols is 2. The predicted octanol–water partition coefficient (Wildman–Crippen LogP) is 8.04. The molecule has 0 saturated carbocycles. The van der Waals surface area contributed by atoms with Crippen LogP contribution in [0.15, 0.2) is 60.7 Å². The lowest BCUT2D eigenvalue weighted by Gasteiger charge is -2.13. The quantitative estimate of drug-likeness (QED) is 0.215.